The average Bonchev–Trinajstić information content (AvgIpc) is 3.47. The molecule has 11 heteroatoms. The summed E-state index contributed by atoms with van der Waals surface area (Å²) >= 11 is 12.5. The number of aromatic carboxylic acids is 1. The predicted octanol–water partition coefficient (Wildman–Crippen LogP) is 6.11. The first-order valence-electron chi connectivity index (χ1n) is 13.2. The molecule has 0 bridgehead atoms. The van der Waals surface area contributed by atoms with Gasteiger partial charge in [0.15, 0.2) is 0 Å². The van der Waals surface area contributed by atoms with Gasteiger partial charge in [0.1, 0.15) is 5.82 Å². The molecule has 2 aliphatic rings. The molecule has 3 aromatic rings. The number of fused-ring (bicyclic) bond motifs is 1. The molecule has 42 heavy (non-hydrogen) atoms. The molecule has 8 nitrogen and oxygen atoms in total. The number of carboxylic acid groups (broad SMARTS) is 1. The van der Waals surface area contributed by atoms with E-state index in [2.05, 4.69) is 22.0 Å². The van der Waals surface area contributed by atoms with E-state index in [1.54, 1.807) is 38.1 Å². The van der Waals surface area contributed by atoms with Gasteiger partial charge in [0.05, 0.1) is 34.0 Å². The van der Waals surface area contributed by atoms with Crippen molar-refractivity contribution in [1.82, 2.24) is 5.32 Å². The van der Waals surface area contributed by atoms with Crippen LogP contribution in [0.1, 0.15) is 54.1 Å². The normalized spacial score (nSPS) is 23.1. The SMILES string of the molecule is CC(C)(C#N)C[C@H]1C[C@](c2cccc(Cl)c2F)(C2C(=O)Nc3cc(Cl)ccc32)[C@H](C(=O)Nc2ccc(C(=O)O)cc2)N1. The number of carbonyl (C=O) groups excluding carboxylic acids is 2. The molecule has 1 fully saturated rings. The van der Waals surface area contributed by atoms with Crippen LogP contribution in [0.3, 0.4) is 0 Å². The van der Waals surface area contributed by atoms with Gasteiger partial charge in [-0.3, -0.25) is 9.59 Å². The number of hydrogen-bond acceptors (Lipinski definition) is 5. The number of benzene rings is 3. The molecule has 2 heterocycles. The minimum Gasteiger partial charge on any atom is -0.478 e. The third-order valence-corrected chi connectivity index (χ3v) is 8.56. The Labute approximate surface area is 251 Å². The van der Waals surface area contributed by atoms with Crippen LogP contribution in [0.2, 0.25) is 10.0 Å². The molecule has 4 atom stereocenters. The first kappa shape index (κ1) is 29.5. The summed E-state index contributed by atoms with van der Waals surface area (Å²) in [5.41, 5.74) is -0.825. The van der Waals surface area contributed by atoms with E-state index >= 15 is 4.39 Å². The Morgan fingerprint density at radius 2 is 1.88 bits per heavy atom. The summed E-state index contributed by atoms with van der Waals surface area (Å²) < 4.78 is 16.1. The van der Waals surface area contributed by atoms with E-state index in [9.17, 15) is 24.8 Å². The van der Waals surface area contributed by atoms with Crippen molar-refractivity contribution in [3.63, 3.8) is 0 Å². The minimum atomic E-state index is -1.49. The molecule has 1 unspecified atom stereocenters. The van der Waals surface area contributed by atoms with Crippen LogP contribution in [0.25, 0.3) is 0 Å². The molecule has 1 saturated heterocycles. The number of hydrogen-bond donors (Lipinski definition) is 4. The lowest BCUT2D eigenvalue weighted by Gasteiger charge is -2.39. The highest BCUT2D eigenvalue weighted by Gasteiger charge is 2.61. The summed E-state index contributed by atoms with van der Waals surface area (Å²) in [6, 6.07) is 15.7. The monoisotopic (exact) mass is 608 g/mol. The van der Waals surface area contributed by atoms with Gasteiger partial charge in [-0.15, -0.1) is 0 Å². The number of rotatable bonds is 7. The third-order valence-electron chi connectivity index (χ3n) is 8.04. The van der Waals surface area contributed by atoms with Gasteiger partial charge in [-0.2, -0.15) is 5.26 Å². The zero-order chi connectivity index (χ0) is 30.4. The maximum Gasteiger partial charge on any atom is 0.335 e. The highest BCUT2D eigenvalue weighted by Crippen LogP contribution is 2.55. The fourth-order valence-electron chi connectivity index (χ4n) is 6.30. The van der Waals surface area contributed by atoms with Crippen molar-refractivity contribution in [2.45, 2.75) is 50.1 Å². The van der Waals surface area contributed by atoms with E-state index in [-0.39, 0.29) is 22.6 Å². The molecule has 2 aliphatic heterocycles. The maximum atomic E-state index is 16.1. The summed E-state index contributed by atoms with van der Waals surface area (Å²) in [7, 11) is 0. The average molecular weight is 609 g/mol. The highest BCUT2D eigenvalue weighted by molar-refractivity contribution is 6.31. The van der Waals surface area contributed by atoms with E-state index in [4.69, 9.17) is 23.2 Å². The summed E-state index contributed by atoms with van der Waals surface area (Å²) in [5.74, 6) is -3.89. The Morgan fingerprint density at radius 3 is 2.55 bits per heavy atom. The first-order chi connectivity index (χ1) is 19.9. The van der Waals surface area contributed by atoms with Crippen molar-refractivity contribution in [1.29, 1.82) is 5.26 Å². The molecule has 0 saturated carbocycles. The van der Waals surface area contributed by atoms with Gasteiger partial charge in [-0.1, -0.05) is 41.4 Å². The molecule has 3 aromatic carbocycles. The minimum absolute atomic E-state index is 0.0408. The second-order valence-electron chi connectivity index (χ2n) is 11.4. The van der Waals surface area contributed by atoms with E-state index in [1.807, 2.05) is 0 Å². The number of halogens is 3. The Hall–Kier alpha value is -3.97. The second-order valence-corrected chi connectivity index (χ2v) is 12.2. The second kappa shape index (κ2) is 11.0. The van der Waals surface area contributed by atoms with Crippen LogP contribution < -0.4 is 16.0 Å². The molecule has 2 amide bonds. The summed E-state index contributed by atoms with van der Waals surface area (Å²) in [5, 5.41) is 28.2. The quantitative estimate of drug-likeness (QED) is 0.256. The Balaban J connectivity index is 1.69. The number of carboxylic acids is 1. The van der Waals surface area contributed by atoms with Crippen LogP contribution in [0.5, 0.6) is 0 Å². The summed E-state index contributed by atoms with van der Waals surface area (Å²) in [4.78, 5) is 39.3. The van der Waals surface area contributed by atoms with E-state index in [0.717, 1.165) is 0 Å². The van der Waals surface area contributed by atoms with Crippen LogP contribution in [0, 0.1) is 22.6 Å². The fraction of sp³-hybridized carbons (Fsp3) is 0.290. The van der Waals surface area contributed by atoms with Gasteiger partial charge < -0.3 is 21.1 Å². The molecular formula is C31H27Cl2FN4O4. The number of nitrogens with zero attached hydrogens (tertiary/aromatic N) is 1. The van der Waals surface area contributed by atoms with Crippen molar-refractivity contribution < 1.29 is 23.9 Å². The topological polar surface area (TPSA) is 131 Å². The Morgan fingerprint density at radius 1 is 1.17 bits per heavy atom. The maximum absolute atomic E-state index is 16.1. The smallest absolute Gasteiger partial charge is 0.335 e. The van der Waals surface area contributed by atoms with Gasteiger partial charge in [-0.05, 0) is 80.3 Å². The highest BCUT2D eigenvalue weighted by atomic mass is 35.5. The van der Waals surface area contributed by atoms with E-state index < -0.39 is 52.4 Å². The van der Waals surface area contributed by atoms with Gasteiger partial charge in [0, 0.05) is 27.9 Å². The number of carbonyl (C=O) groups is 3. The van der Waals surface area contributed by atoms with Crippen molar-refractivity contribution in [3.05, 3.63) is 93.2 Å². The standard InChI is InChI=1S/C31H27Cl2FN4O4/c1-30(2,15-35)13-19-14-31(21-4-3-5-22(33)25(21)34,24-20-11-8-17(32)12-23(20)38-27(24)39)26(36-19)28(40)37-18-9-6-16(7-10-18)29(41)42/h3-12,19,24,26,36H,13-14H2,1-2H3,(H,37,40)(H,38,39)(H,41,42)/t19-,24?,26-,31-/m0/s1. The summed E-state index contributed by atoms with van der Waals surface area (Å²) in [6.45, 7) is 3.54. The lowest BCUT2D eigenvalue weighted by Crippen LogP contribution is -2.54. The van der Waals surface area contributed by atoms with Crippen LogP contribution in [0.15, 0.2) is 60.7 Å². The van der Waals surface area contributed by atoms with Crippen molar-refractivity contribution in [2.75, 3.05) is 10.6 Å². The number of nitrogens with one attached hydrogen (secondary N) is 3. The van der Waals surface area contributed by atoms with Crippen LogP contribution in [-0.2, 0) is 15.0 Å². The van der Waals surface area contributed by atoms with Crippen molar-refractivity contribution in [2.24, 2.45) is 5.41 Å². The van der Waals surface area contributed by atoms with E-state index in [1.165, 1.54) is 36.4 Å². The Bertz CT molecular complexity index is 1640. The number of anilines is 2. The molecule has 0 aromatic heterocycles. The predicted molar refractivity (Wildman–Crippen MR) is 157 cm³/mol. The van der Waals surface area contributed by atoms with Crippen molar-refractivity contribution >= 4 is 52.4 Å². The first-order valence-corrected chi connectivity index (χ1v) is 14.0. The molecule has 0 radical (unpaired) electrons. The zero-order valence-corrected chi connectivity index (χ0v) is 24.2. The largest absolute Gasteiger partial charge is 0.478 e. The molecule has 4 N–H and O–H groups in total. The van der Waals surface area contributed by atoms with Crippen LogP contribution >= 0.6 is 23.2 Å². The Kier molecular flexibility index (Phi) is 7.75. The number of amides is 2. The third kappa shape index (κ3) is 5.22. The molecular weight excluding hydrogens is 582 g/mol. The van der Waals surface area contributed by atoms with Crippen LogP contribution in [0.4, 0.5) is 15.8 Å². The summed E-state index contributed by atoms with van der Waals surface area (Å²) in [6.07, 6.45) is 0.442. The molecule has 0 aliphatic carbocycles. The van der Waals surface area contributed by atoms with Gasteiger partial charge in [0.25, 0.3) is 0 Å². The van der Waals surface area contributed by atoms with E-state index in [0.29, 0.717) is 28.4 Å². The zero-order valence-electron chi connectivity index (χ0n) is 22.7. The molecule has 0 spiro atoms. The van der Waals surface area contributed by atoms with Crippen molar-refractivity contribution in [3.8, 4) is 6.07 Å². The van der Waals surface area contributed by atoms with Crippen LogP contribution in [-0.4, -0.2) is 35.0 Å². The molecule has 216 valence electrons. The fourth-order valence-corrected chi connectivity index (χ4v) is 6.64. The lowest BCUT2D eigenvalue weighted by atomic mass is 9.62. The van der Waals surface area contributed by atoms with Gasteiger partial charge >= 0.3 is 5.97 Å². The van der Waals surface area contributed by atoms with Gasteiger partial charge in [0.2, 0.25) is 11.8 Å². The molecule has 5 rings (SSSR count). The van der Waals surface area contributed by atoms with Gasteiger partial charge in [-0.25, -0.2) is 9.18 Å². The number of nitriles is 1. The lowest BCUT2D eigenvalue weighted by molar-refractivity contribution is -0.121.